The summed E-state index contributed by atoms with van der Waals surface area (Å²) in [6.45, 7) is 7.59. The maximum absolute atomic E-state index is 12.2. The minimum absolute atomic E-state index is 0.0302. The zero-order valence-electron chi connectivity index (χ0n) is 11.3. The molecule has 0 aromatic carbocycles. The molecule has 0 aliphatic rings. The predicted octanol–water partition coefficient (Wildman–Crippen LogP) is 1.98. The van der Waals surface area contributed by atoms with Gasteiger partial charge < -0.3 is 10.4 Å². The number of hydrogen-bond acceptors (Lipinski definition) is 3. The number of amides is 1. The van der Waals surface area contributed by atoms with Gasteiger partial charge in [-0.2, -0.15) is 5.26 Å². The number of aliphatic hydroxyl groups excluding tert-OH is 1. The van der Waals surface area contributed by atoms with Crippen molar-refractivity contribution >= 4 is 5.91 Å². The summed E-state index contributed by atoms with van der Waals surface area (Å²) in [6.07, 6.45) is 2.24. The standard InChI is InChI=1S/C13H24N2O2/c1-5-12(4,8-9-16)15-11(17)13(6-2,7-3)10-14/h16H,5-9H2,1-4H3,(H,15,17). The summed E-state index contributed by atoms with van der Waals surface area (Å²) in [7, 11) is 0. The van der Waals surface area contributed by atoms with Crippen molar-refractivity contribution in [3.05, 3.63) is 0 Å². The van der Waals surface area contributed by atoms with Crippen LogP contribution in [0.3, 0.4) is 0 Å². The Labute approximate surface area is 104 Å². The van der Waals surface area contributed by atoms with Crippen LogP contribution < -0.4 is 5.32 Å². The molecule has 0 fully saturated rings. The second-order valence-electron chi connectivity index (χ2n) is 4.74. The summed E-state index contributed by atoms with van der Waals surface area (Å²) in [5.74, 6) is -0.220. The summed E-state index contributed by atoms with van der Waals surface area (Å²) in [4.78, 5) is 12.2. The molecule has 0 aromatic heterocycles. The molecule has 0 aromatic rings. The Morgan fingerprint density at radius 1 is 1.29 bits per heavy atom. The minimum Gasteiger partial charge on any atom is -0.396 e. The van der Waals surface area contributed by atoms with E-state index < -0.39 is 11.0 Å². The number of rotatable bonds is 7. The van der Waals surface area contributed by atoms with Crippen LogP contribution in [0.2, 0.25) is 0 Å². The Balaban J connectivity index is 4.89. The molecule has 1 unspecified atom stereocenters. The largest absolute Gasteiger partial charge is 0.396 e. The lowest BCUT2D eigenvalue weighted by atomic mass is 9.81. The molecule has 0 saturated carbocycles. The average molecular weight is 240 g/mol. The minimum atomic E-state index is -0.939. The first-order valence-corrected chi connectivity index (χ1v) is 6.28. The van der Waals surface area contributed by atoms with Crippen LogP contribution in [0.1, 0.15) is 53.4 Å². The van der Waals surface area contributed by atoms with Crippen molar-refractivity contribution in [3.63, 3.8) is 0 Å². The number of hydrogen-bond donors (Lipinski definition) is 2. The maximum atomic E-state index is 12.2. The van der Waals surface area contributed by atoms with E-state index in [0.29, 0.717) is 19.3 Å². The molecule has 0 bridgehead atoms. The van der Waals surface area contributed by atoms with Crippen LogP contribution in [-0.4, -0.2) is 23.2 Å². The lowest BCUT2D eigenvalue weighted by Gasteiger charge is -2.33. The fourth-order valence-corrected chi connectivity index (χ4v) is 1.75. The van der Waals surface area contributed by atoms with E-state index in [9.17, 15) is 10.1 Å². The quantitative estimate of drug-likeness (QED) is 0.714. The molecule has 1 amide bonds. The fraction of sp³-hybridized carbons (Fsp3) is 0.846. The molecule has 17 heavy (non-hydrogen) atoms. The monoisotopic (exact) mass is 240 g/mol. The van der Waals surface area contributed by atoms with Crippen molar-refractivity contribution in [1.82, 2.24) is 5.32 Å². The Kier molecular flexibility index (Phi) is 6.19. The second-order valence-corrected chi connectivity index (χ2v) is 4.74. The Bertz CT molecular complexity index is 292. The average Bonchev–Trinajstić information content (AvgIpc) is 2.32. The lowest BCUT2D eigenvalue weighted by molar-refractivity contribution is -0.130. The van der Waals surface area contributed by atoms with Gasteiger partial charge in [0.25, 0.3) is 0 Å². The topological polar surface area (TPSA) is 73.1 Å². The van der Waals surface area contributed by atoms with Gasteiger partial charge in [-0.15, -0.1) is 0 Å². The molecule has 98 valence electrons. The number of aliphatic hydroxyl groups is 1. The molecule has 0 aliphatic heterocycles. The van der Waals surface area contributed by atoms with Gasteiger partial charge in [-0.05, 0) is 32.6 Å². The van der Waals surface area contributed by atoms with Gasteiger partial charge in [0.2, 0.25) is 5.91 Å². The molecule has 0 saturated heterocycles. The second kappa shape index (κ2) is 6.61. The third-order valence-electron chi connectivity index (χ3n) is 3.71. The van der Waals surface area contributed by atoms with E-state index in [1.54, 1.807) is 0 Å². The van der Waals surface area contributed by atoms with Gasteiger partial charge >= 0.3 is 0 Å². The summed E-state index contributed by atoms with van der Waals surface area (Å²) in [5, 5.41) is 21.1. The van der Waals surface area contributed by atoms with Gasteiger partial charge in [-0.25, -0.2) is 0 Å². The molecule has 4 nitrogen and oxygen atoms in total. The first-order chi connectivity index (χ1) is 7.93. The Morgan fingerprint density at radius 2 is 1.82 bits per heavy atom. The van der Waals surface area contributed by atoms with Crippen LogP contribution in [0.15, 0.2) is 0 Å². The van der Waals surface area contributed by atoms with E-state index in [4.69, 9.17) is 5.11 Å². The van der Waals surface area contributed by atoms with Crippen LogP contribution in [0.5, 0.6) is 0 Å². The van der Waals surface area contributed by atoms with Crippen molar-refractivity contribution in [1.29, 1.82) is 5.26 Å². The number of nitrogens with zero attached hydrogens (tertiary/aromatic N) is 1. The Morgan fingerprint density at radius 3 is 2.12 bits per heavy atom. The van der Waals surface area contributed by atoms with Crippen molar-refractivity contribution in [2.24, 2.45) is 5.41 Å². The van der Waals surface area contributed by atoms with Crippen LogP contribution in [-0.2, 0) is 4.79 Å². The van der Waals surface area contributed by atoms with Gasteiger partial charge in [-0.1, -0.05) is 20.8 Å². The highest BCUT2D eigenvalue weighted by Crippen LogP contribution is 2.27. The van der Waals surface area contributed by atoms with E-state index in [1.165, 1.54) is 0 Å². The third kappa shape index (κ3) is 3.71. The number of carbonyl (C=O) groups is 1. The number of nitriles is 1. The molecule has 0 heterocycles. The smallest absolute Gasteiger partial charge is 0.240 e. The highest BCUT2D eigenvalue weighted by atomic mass is 16.3. The highest BCUT2D eigenvalue weighted by molar-refractivity contribution is 5.85. The zero-order valence-corrected chi connectivity index (χ0v) is 11.3. The van der Waals surface area contributed by atoms with Crippen LogP contribution in [0.4, 0.5) is 0 Å². The molecule has 0 aliphatic carbocycles. The van der Waals surface area contributed by atoms with Gasteiger partial charge in [0.15, 0.2) is 0 Å². The molecule has 0 spiro atoms. The maximum Gasteiger partial charge on any atom is 0.240 e. The first-order valence-electron chi connectivity index (χ1n) is 6.28. The van der Waals surface area contributed by atoms with Gasteiger partial charge in [0.1, 0.15) is 5.41 Å². The van der Waals surface area contributed by atoms with Crippen LogP contribution in [0, 0.1) is 16.7 Å². The summed E-state index contributed by atoms with van der Waals surface area (Å²) < 4.78 is 0. The first kappa shape index (κ1) is 15.9. The third-order valence-corrected chi connectivity index (χ3v) is 3.71. The number of nitrogens with one attached hydrogen (secondary N) is 1. The SMILES string of the molecule is CCC(C)(CCO)NC(=O)C(C#N)(CC)CC. The summed E-state index contributed by atoms with van der Waals surface area (Å²) in [5.41, 5.74) is -1.37. The molecule has 2 N–H and O–H groups in total. The van der Waals surface area contributed by atoms with Crippen molar-refractivity contribution in [2.45, 2.75) is 58.9 Å². The van der Waals surface area contributed by atoms with E-state index in [-0.39, 0.29) is 12.5 Å². The Hall–Kier alpha value is -1.08. The van der Waals surface area contributed by atoms with Crippen molar-refractivity contribution in [2.75, 3.05) is 6.61 Å². The molecule has 1 atom stereocenters. The molecular weight excluding hydrogens is 216 g/mol. The van der Waals surface area contributed by atoms with Gasteiger partial charge in [0, 0.05) is 12.1 Å². The van der Waals surface area contributed by atoms with E-state index in [0.717, 1.165) is 6.42 Å². The van der Waals surface area contributed by atoms with Crippen molar-refractivity contribution in [3.8, 4) is 6.07 Å². The zero-order chi connectivity index (χ0) is 13.5. The van der Waals surface area contributed by atoms with Gasteiger partial charge in [-0.3, -0.25) is 4.79 Å². The molecular formula is C13H24N2O2. The van der Waals surface area contributed by atoms with E-state index in [2.05, 4.69) is 11.4 Å². The highest BCUT2D eigenvalue weighted by Gasteiger charge is 2.38. The predicted molar refractivity (Wildman–Crippen MR) is 67.2 cm³/mol. The molecule has 0 rings (SSSR count). The number of carbonyl (C=O) groups excluding carboxylic acids is 1. The van der Waals surface area contributed by atoms with E-state index in [1.807, 2.05) is 27.7 Å². The summed E-state index contributed by atoms with van der Waals surface area (Å²) in [6, 6.07) is 2.13. The fourth-order valence-electron chi connectivity index (χ4n) is 1.75. The molecule has 4 heteroatoms. The summed E-state index contributed by atoms with van der Waals surface area (Å²) >= 11 is 0. The van der Waals surface area contributed by atoms with Crippen molar-refractivity contribution < 1.29 is 9.90 Å². The van der Waals surface area contributed by atoms with Gasteiger partial charge in [0.05, 0.1) is 6.07 Å². The van der Waals surface area contributed by atoms with E-state index >= 15 is 0 Å². The lowest BCUT2D eigenvalue weighted by Crippen LogP contribution is -2.51. The van der Waals surface area contributed by atoms with Crippen LogP contribution >= 0.6 is 0 Å². The van der Waals surface area contributed by atoms with Crippen LogP contribution in [0.25, 0.3) is 0 Å². The normalized spacial score (nSPS) is 14.8. The molecule has 0 radical (unpaired) electrons.